The zero-order valence-electron chi connectivity index (χ0n) is 15.5. The van der Waals surface area contributed by atoms with Gasteiger partial charge >= 0.3 is 0 Å². The van der Waals surface area contributed by atoms with Gasteiger partial charge in [-0.25, -0.2) is 0 Å². The Hall–Kier alpha value is -4.20. The Kier molecular flexibility index (Phi) is 5.84. The van der Waals surface area contributed by atoms with Gasteiger partial charge in [0.05, 0.1) is 4.92 Å². The van der Waals surface area contributed by atoms with Crippen LogP contribution in [0.4, 0.5) is 28.4 Å². The van der Waals surface area contributed by atoms with Crippen LogP contribution >= 0.6 is 0 Å². The van der Waals surface area contributed by atoms with E-state index in [0.29, 0.717) is 17.1 Å². The lowest BCUT2D eigenvalue weighted by molar-refractivity contribution is -0.383. The van der Waals surface area contributed by atoms with Crippen molar-refractivity contribution in [2.45, 2.75) is 6.92 Å². The van der Waals surface area contributed by atoms with Crippen molar-refractivity contribution in [3.05, 3.63) is 88.5 Å². The van der Waals surface area contributed by atoms with Crippen LogP contribution in [0, 0.1) is 10.1 Å². The molecule has 0 fully saturated rings. The normalized spacial score (nSPS) is 10.1. The van der Waals surface area contributed by atoms with Gasteiger partial charge < -0.3 is 16.0 Å². The minimum Gasteiger partial charge on any atom is -0.350 e. The van der Waals surface area contributed by atoms with Gasteiger partial charge in [-0.1, -0.05) is 18.2 Å². The molecule has 0 spiro atoms. The van der Waals surface area contributed by atoms with E-state index >= 15 is 0 Å². The van der Waals surface area contributed by atoms with Crippen LogP contribution in [0.25, 0.3) is 0 Å². The molecule has 29 heavy (non-hydrogen) atoms. The van der Waals surface area contributed by atoms with Gasteiger partial charge in [-0.2, -0.15) is 0 Å². The molecule has 0 aliphatic carbocycles. The molecule has 8 nitrogen and oxygen atoms in total. The van der Waals surface area contributed by atoms with Crippen molar-refractivity contribution < 1.29 is 14.5 Å². The summed E-state index contributed by atoms with van der Waals surface area (Å²) in [5, 5.41) is 19.8. The largest absolute Gasteiger partial charge is 0.350 e. The number of carbonyl (C=O) groups excluding carboxylic acids is 2. The van der Waals surface area contributed by atoms with E-state index in [9.17, 15) is 19.7 Å². The maximum absolute atomic E-state index is 12.5. The molecule has 0 radical (unpaired) electrons. The van der Waals surface area contributed by atoms with E-state index in [-0.39, 0.29) is 22.8 Å². The van der Waals surface area contributed by atoms with Gasteiger partial charge in [0, 0.05) is 35.6 Å². The highest BCUT2D eigenvalue weighted by Gasteiger charge is 2.18. The lowest BCUT2D eigenvalue weighted by Crippen LogP contribution is -2.13. The average Bonchev–Trinajstić information content (AvgIpc) is 2.70. The molecular weight excluding hydrogens is 372 g/mol. The number of nitrogens with one attached hydrogen (secondary N) is 3. The molecule has 0 bridgehead atoms. The number of carbonyl (C=O) groups is 2. The number of nitro benzene ring substituents is 1. The molecule has 0 heterocycles. The molecule has 3 aromatic carbocycles. The number of hydrogen-bond donors (Lipinski definition) is 3. The second-order valence-corrected chi connectivity index (χ2v) is 6.19. The Balaban J connectivity index is 1.77. The van der Waals surface area contributed by atoms with E-state index in [0.717, 1.165) is 0 Å². The number of anilines is 4. The van der Waals surface area contributed by atoms with Crippen molar-refractivity contribution in [1.82, 2.24) is 0 Å². The number of nitrogens with zero attached hydrogens (tertiary/aromatic N) is 1. The summed E-state index contributed by atoms with van der Waals surface area (Å²) < 4.78 is 0. The van der Waals surface area contributed by atoms with Crippen LogP contribution in [-0.2, 0) is 4.79 Å². The van der Waals surface area contributed by atoms with E-state index in [4.69, 9.17) is 0 Å². The highest BCUT2D eigenvalue weighted by molar-refractivity contribution is 6.05. The number of nitro groups is 1. The molecule has 3 N–H and O–H groups in total. The molecule has 0 unspecified atom stereocenters. The smallest absolute Gasteiger partial charge is 0.293 e. The van der Waals surface area contributed by atoms with Crippen LogP contribution < -0.4 is 16.0 Å². The number of rotatable bonds is 6. The molecular formula is C21H18N4O4. The summed E-state index contributed by atoms with van der Waals surface area (Å²) in [7, 11) is 0. The van der Waals surface area contributed by atoms with Crippen molar-refractivity contribution in [2.24, 2.45) is 0 Å². The third-order valence-electron chi connectivity index (χ3n) is 3.97. The molecule has 146 valence electrons. The average molecular weight is 390 g/mol. The Morgan fingerprint density at radius 2 is 1.45 bits per heavy atom. The molecule has 3 rings (SSSR count). The zero-order chi connectivity index (χ0) is 20.8. The summed E-state index contributed by atoms with van der Waals surface area (Å²) in [6, 6.07) is 19.8. The number of hydrogen-bond acceptors (Lipinski definition) is 5. The highest BCUT2D eigenvalue weighted by atomic mass is 16.6. The van der Waals surface area contributed by atoms with Gasteiger partial charge in [0.15, 0.2) is 0 Å². The predicted octanol–water partition coefficient (Wildman–Crippen LogP) is 4.55. The first-order chi connectivity index (χ1) is 13.9. The van der Waals surface area contributed by atoms with Crippen molar-refractivity contribution in [3.63, 3.8) is 0 Å². The fourth-order valence-electron chi connectivity index (χ4n) is 2.65. The SMILES string of the molecule is CC(=O)Nc1ccc(NC(=O)c2ccc(Nc3ccccc3)c([N+](=O)[O-])c2)cc1. The molecule has 2 amide bonds. The summed E-state index contributed by atoms with van der Waals surface area (Å²) in [4.78, 5) is 34.5. The maximum Gasteiger partial charge on any atom is 0.293 e. The number of para-hydroxylation sites is 1. The second-order valence-electron chi connectivity index (χ2n) is 6.19. The van der Waals surface area contributed by atoms with E-state index < -0.39 is 10.8 Å². The third-order valence-corrected chi connectivity index (χ3v) is 3.97. The maximum atomic E-state index is 12.5. The molecule has 8 heteroatoms. The Morgan fingerprint density at radius 1 is 0.828 bits per heavy atom. The van der Waals surface area contributed by atoms with Crippen LogP contribution in [0.5, 0.6) is 0 Å². The lowest BCUT2D eigenvalue weighted by atomic mass is 10.1. The first kappa shape index (κ1) is 19.6. The monoisotopic (exact) mass is 390 g/mol. The molecule has 3 aromatic rings. The van der Waals surface area contributed by atoms with Crippen molar-refractivity contribution in [3.8, 4) is 0 Å². The van der Waals surface area contributed by atoms with Gasteiger partial charge in [-0.05, 0) is 48.5 Å². The zero-order valence-corrected chi connectivity index (χ0v) is 15.5. The summed E-state index contributed by atoms with van der Waals surface area (Å²) in [5.74, 6) is -0.676. The molecule has 0 aromatic heterocycles. The minimum absolute atomic E-state index is 0.154. The summed E-state index contributed by atoms with van der Waals surface area (Å²) in [5.41, 5.74) is 2.04. The number of benzene rings is 3. The van der Waals surface area contributed by atoms with Crippen LogP contribution in [0.1, 0.15) is 17.3 Å². The van der Waals surface area contributed by atoms with E-state index in [1.165, 1.54) is 25.1 Å². The first-order valence-electron chi connectivity index (χ1n) is 8.72. The molecule has 0 saturated heterocycles. The Labute approximate surface area is 166 Å². The molecule has 0 aliphatic rings. The summed E-state index contributed by atoms with van der Waals surface area (Å²) >= 11 is 0. The number of amides is 2. The quantitative estimate of drug-likeness (QED) is 0.422. The predicted molar refractivity (Wildman–Crippen MR) is 112 cm³/mol. The molecule has 0 aliphatic heterocycles. The van der Waals surface area contributed by atoms with Crippen molar-refractivity contribution in [2.75, 3.05) is 16.0 Å². The van der Waals surface area contributed by atoms with Crippen molar-refractivity contribution >= 4 is 40.3 Å². The van der Waals surface area contributed by atoms with Gasteiger partial charge in [0.25, 0.3) is 11.6 Å². The van der Waals surface area contributed by atoms with E-state index in [1.807, 2.05) is 18.2 Å². The first-order valence-corrected chi connectivity index (χ1v) is 8.72. The van der Waals surface area contributed by atoms with Gasteiger partial charge in [0.1, 0.15) is 5.69 Å². The topological polar surface area (TPSA) is 113 Å². The molecule has 0 atom stereocenters. The Morgan fingerprint density at radius 3 is 2.03 bits per heavy atom. The Bertz CT molecular complexity index is 1050. The summed E-state index contributed by atoms with van der Waals surface area (Å²) in [6.45, 7) is 1.40. The second kappa shape index (κ2) is 8.66. The summed E-state index contributed by atoms with van der Waals surface area (Å²) in [6.07, 6.45) is 0. The van der Waals surface area contributed by atoms with Gasteiger partial charge in [-0.15, -0.1) is 0 Å². The third kappa shape index (κ3) is 5.16. The fourth-order valence-corrected chi connectivity index (χ4v) is 2.65. The van der Waals surface area contributed by atoms with E-state index in [2.05, 4.69) is 16.0 Å². The van der Waals surface area contributed by atoms with Gasteiger partial charge in [0.2, 0.25) is 5.91 Å². The lowest BCUT2D eigenvalue weighted by Gasteiger charge is -2.10. The van der Waals surface area contributed by atoms with E-state index in [1.54, 1.807) is 36.4 Å². The van der Waals surface area contributed by atoms with Crippen LogP contribution in [0.3, 0.4) is 0 Å². The van der Waals surface area contributed by atoms with Crippen LogP contribution in [0.2, 0.25) is 0 Å². The van der Waals surface area contributed by atoms with Crippen LogP contribution in [0.15, 0.2) is 72.8 Å². The highest BCUT2D eigenvalue weighted by Crippen LogP contribution is 2.29. The van der Waals surface area contributed by atoms with Crippen molar-refractivity contribution in [1.29, 1.82) is 0 Å². The minimum atomic E-state index is -0.537. The van der Waals surface area contributed by atoms with Crippen LogP contribution in [-0.4, -0.2) is 16.7 Å². The fraction of sp³-hybridized carbons (Fsp3) is 0.0476. The van der Waals surface area contributed by atoms with Gasteiger partial charge in [-0.3, -0.25) is 19.7 Å². The molecule has 0 saturated carbocycles. The standard InChI is InChI=1S/C21H18N4O4/c1-14(26)22-17-8-10-18(11-9-17)24-21(27)15-7-12-19(20(13-15)25(28)29)23-16-5-3-2-4-6-16/h2-13,23H,1H3,(H,22,26)(H,24,27).